The van der Waals surface area contributed by atoms with E-state index in [4.69, 9.17) is 0 Å². The Hall–Kier alpha value is -3.09. The van der Waals surface area contributed by atoms with Crippen LogP contribution in [0, 0.1) is 5.82 Å². The number of aromatic nitrogens is 4. The summed E-state index contributed by atoms with van der Waals surface area (Å²) < 4.78 is 16.2. The van der Waals surface area contributed by atoms with E-state index in [9.17, 15) is 4.39 Å². The molecule has 3 heterocycles. The molecule has 1 aliphatic carbocycles. The van der Waals surface area contributed by atoms with Crippen molar-refractivity contribution in [3.63, 3.8) is 0 Å². The number of hydrogen-bond acceptors (Lipinski definition) is 4. The van der Waals surface area contributed by atoms with Gasteiger partial charge in [0.15, 0.2) is 5.82 Å². The van der Waals surface area contributed by atoms with Crippen LogP contribution in [-0.2, 0) is 6.54 Å². The molecule has 6 nitrogen and oxygen atoms in total. The Morgan fingerprint density at radius 1 is 1.24 bits per heavy atom. The number of benzene rings is 1. The molecule has 0 amide bonds. The van der Waals surface area contributed by atoms with Gasteiger partial charge in [-0.05, 0) is 25.0 Å². The molecule has 0 saturated heterocycles. The number of H-pyrrole nitrogens is 1. The minimum atomic E-state index is -0.256. The molecule has 1 aliphatic heterocycles. The lowest BCUT2D eigenvalue weighted by Gasteiger charge is -2.28. The summed E-state index contributed by atoms with van der Waals surface area (Å²) in [5.74, 6) is 2.74. The van der Waals surface area contributed by atoms with Crippen LogP contribution in [0.5, 0.6) is 0 Å². The molecule has 0 atom stereocenters. The van der Waals surface area contributed by atoms with Crippen molar-refractivity contribution in [2.45, 2.75) is 25.3 Å². The summed E-state index contributed by atoms with van der Waals surface area (Å²) in [5, 5.41) is 10.8. The zero-order chi connectivity index (χ0) is 16.8. The smallest absolute Gasteiger partial charge is 0.153 e. The van der Waals surface area contributed by atoms with Crippen LogP contribution in [0.4, 0.5) is 15.9 Å². The van der Waals surface area contributed by atoms with Crippen molar-refractivity contribution in [3.8, 4) is 0 Å². The van der Waals surface area contributed by atoms with Gasteiger partial charge in [0.1, 0.15) is 17.5 Å². The van der Waals surface area contributed by atoms with Crippen LogP contribution < -0.4 is 10.2 Å². The third-order valence-corrected chi connectivity index (χ3v) is 4.60. The zero-order valence-corrected chi connectivity index (χ0v) is 13.5. The second-order valence-corrected chi connectivity index (χ2v) is 6.41. The molecule has 2 aromatic heterocycles. The van der Waals surface area contributed by atoms with Crippen LogP contribution in [0.15, 0.2) is 48.9 Å². The predicted molar refractivity (Wildman–Crippen MR) is 93.3 cm³/mol. The fourth-order valence-electron chi connectivity index (χ4n) is 3.15. The molecule has 1 fully saturated rings. The first-order valence-corrected chi connectivity index (χ1v) is 8.36. The summed E-state index contributed by atoms with van der Waals surface area (Å²) in [7, 11) is 0. The van der Waals surface area contributed by atoms with Crippen LogP contribution >= 0.6 is 0 Å². The lowest BCUT2D eigenvalue weighted by molar-refractivity contribution is 0.621. The van der Waals surface area contributed by atoms with E-state index in [-0.39, 0.29) is 5.82 Å². The first-order chi connectivity index (χ1) is 12.3. The number of hydrogen-bond donors (Lipinski definition) is 2. The Morgan fingerprint density at radius 2 is 2.12 bits per heavy atom. The van der Waals surface area contributed by atoms with Gasteiger partial charge in [-0.1, -0.05) is 12.1 Å². The van der Waals surface area contributed by atoms with Crippen LogP contribution in [0.3, 0.4) is 0 Å². The first kappa shape index (κ1) is 14.3. The van der Waals surface area contributed by atoms with Crippen LogP contribution in [-0.4, -0.2) is 19.7 Å². The fourth-order valence-corrected chi connectivity index (χ4v) is 3.15. The van der Waals surface area contributed by atoms with Gasteiger partial charge in [0.05, 0.1) is 12.2 Å². The van der Waals surface area contributed by atoms with E-state index in [1.165, 1.54) is 18.9 Å². The fraction of sp³-hybridized carbons (Fsp3) is 0.222. The van der Waals surface area contributed by atoms with Gasteiger partial charge in [-0.15, -0.1) is 0 Å². The number of anilines is 2. The normalized spacial score (nSPS) is 16.5. The van der Waals surface area contributed by atoms with E-state index in [0.29, 0.717) is 18.2 Å². The summed E-state index contributed by atoms with van der Waals surface area (Å²) in [5.41, 5.74) is 1.69. The van der Waals surface area contributed by atoms with E-state index >= 15 is 0 Å². The zero-order valence-electron chi connectivity index (χ0n) is 13.5. The average Bonchev–Trinajstić information content (AvgIpc) is 3.17. The van der Waals surface area contributed by atoms with E-state index in [1.807, 2.05) is 34.0 Å². The highest BCUT2D eigenvalue weighted by Crippen LogP contribution is 2.39. The van der Waals surface area contributed by atoms with Crippen molar-refractivity contribution >= 4 is 17.3 Å². The molecule has 0 spiro atoms. The second kappa shape index (κ2) is 5.47. The molecule has 2 aliphatic rings. The molecule has 5 rings (SSSR count). The number of para-hydroxylation sites is 1. The molecule has 126 valence electrons. The van der Waals surface area contributed by atoms with Gasteiger partial charge in [0.25, 0.3) is 0 Å². The minimum absolute atomic E-state index is 0.256. The van der Waals surface area contributed by atoms with Gasteiger partial charge in [-0.25, -0.2) is 9.37 Å². The third kappa shape index (κ3) is 2.57. The Morgan fingerprint density at radius 3 is 2.96 bits per heavy atom. The highest BCUT2D eigenvalue weighted by atomic mass is 19.1. The number of rotatable bonds is 4. The number of aromatic amines is 1. The number of halogens is 1. The van der Waals surface area contributed by atoms with Crippen molar-refractivity contribution in [2.24, 2.45) is 0 Å². The molecule has 25 heavy (non-hydrogen) atoms. The summed E-state index contributed by atoms with van der Waals surface area (Å²) in [4.78, 5) is 6.24. The summed E-state index contributed by atoms with van der Waals surface area (Å²) >= 11 is 0. The Kier molecular flexibility index (Phi) is 3.12. The molecule has 3 aromatic rings. The van der Waals surface area contributed by atoms with Gasteiger partial charge in [0.2, 0.25) is 0 Å². The summed E-state index contributed by atoms with van der Waals surface area (Å²) in [6.45, 7) is 0.507. The van der Waals surface area contributed by atoms with Crippen molar-refractivity contribution in [1.82, 2.24) is 19.7 Å². The van der Waals surface area contributed by atoms with Gasteiger partial charge in [-0.2, -0.15) is 5.10 Å². The van der Waals surface area contributed by atoms with Crippen molar-refractivity contribution in [1.29, 1.82) is 0 Å². The molecule has 0 unspecified atom stereocenters. The Labute approximate surface area is 144 Å². The first-order valence-electron chi connectivity index (χ1n) is 8.36. The van der Waals surface area contributed by atoms with Gasteiger partial charge in [0, 0.05) is 36.3 Å². The average molecular weight is 336 g/mol. The third-order valence-electron chi connectivity index (χ3n) is 4.60. The Balaban J connectivity index is 1.49. The van der Waals surface area contributed by atoms with Crippen LogP contribution in [0.2, 0.25) is 0 Å². The molecular formula is C18H17FN6. The van der Waals surface area contributed by atoms with E-state index in [0.717, 1.165) is 23.2 Å². The van der Waals surface area contributed by atoms with Gasteiger partial charge >= 0.3 is 0 Å². The van der Waals surface area contributed by atoms with Crippen molar-refractivity contribution < 1.29 is 4.39 Å². The minimum Gasteiger partial charge on any atom is -0.334 e. The van der Waals surface area contributed by atoms with Crippen LogP contribution in [0.1, 0.15) is 30.3 Å². The molecular weight excluding hydrogens is 319 g/mol. The van der Waals surface area contributed by atoms with E-state index < -0.39 is 0 Å². The lowest BCUT2D eigenvalue weighted by atomic mass is 10.2. The second-order valence-electron chi connectivity index (χ2n) is 6.41. The highest BCUT2D eigenvalue weighted by molar-refractivity contribution is 5.68. The number of nitrogens with one attached hydrogen (secondary N) is 2. The standard InChI is InChI=1S/C18H17FN6/c19-13-3-1-2-4-15(13)24-10-17-20-7-8-25(17)18(11-24)21-16-9-14(22-23-16)12-5-6-12/h1-4,7-9,11-12H,5-6,10H2,(H2,21,22,23). The molecule has 1 aromatic carbocycles. The SMILES string of the molecule is Fc1ccccc1N1C=C(Nc2cc(C3CC3)[nH]n2)n2ccnc2C1. The number of nitrogens with zero attached hydrogens (tertiary/aromatic N) is 4. The largest absolute Gasteiger partial charge is 0.334 e. The molecule has 0 radical (unpaired) electrons. The topological polar surface area (TPSA) is 61.8 Å². The maximum Gasteiger partial charge on any atom is 0.153 e. The van der Waals surface area contributed by atoms with Crippen molar-refractivity contribution in [3.05, 3.63) is 66.3 Å². The Bertz CT molecular complexity index is 952. The van der Waals surface area contributed by atoms with Gasteiger partial charge in [-0.3, -0.25) is 9.67 Å². The summed E-state index contributed by atoms with van der Waals surface area (Å²) in [6, 6.07) is 8.79. The van der Waals surface area contributed by atoms with E-state index in [2.05, 4.69) is 20.5 Å². The van der Waals surface area contributed by atoms with E-state index in [1.54, 1.807) is 18.3 Å². The molecule has 2 N–H and O–H groups in total. The lowest BCUT2D eigenvalue weighted by Crippen LogP contribution is -2.27. The molecule has 1 saturated carbocycles. The van der Waals surface area contributed by atoms with Gasteiger partial charge < -0.3 is 10.2 Å². The maximum absolute atomic E-state index is 14.2. The van der Waals surface area contributed by atoms with Crippen LogP contribution in [0.25, 0.3) is 5.82 Å². The monoisotopic (exact) mass is 336 g/mol. The quantitative estimate of drug-likeness (QED) is 0.765. The highest BCUT2D eigenvalue weighted by Gasteiger charge is 2.26. The molecule has 7 heteroatoms. The predicted octanol–water partition coefficient (Wildman–Crippen LogP) is 3.51. The summed E-state index contributed by atoms with van der Waals surface area (Å²) in [6.07, 6.45) is 7.96. The maximum atomic E-state index is 14.2. The molecule has 0 bridgehead atoms. The van der Waals surface area contributed by atoms with Crippen molar-refractivity contribution in [2.75, 3.05) is 10.2 Å². The number of imidazole rings is 1. The number of fused-ring (bicyclic) bond motifs is 1.